The number of nitrogens with one attached hydrogen (secondary N) is 3. The van der Waals surface area contributed by atoms with Gasteiger partial charge < -0.3 is 20.8 Å². The fourth-order valence-corrected chi connectivity index (χ4v) is 4.74. The quantitative estimate of drug-likeness (QED) is 0.225. The molecule has 0 spiro atoms. The molecule has 0 radical (unpaired) electrons. The first kappa shape index (κ1) is 23.6. The van der Waals surface area contributed by atoms with Crippen molar-refractivity contribution in [2.75, 3.05) is 25.0 Å². The van der Waals surface area contributed by atoms with E-state index in [-0.39, 0.29) is 6.10 Å². The van der Waals surface area contributed by atoms with Crippen LogP contribution in [0.5, 0.6) is 5.88 Å². The summed E-state index contributed by atoms with van der Waals surface area (Å²) in [5, 5.41) is 23.6. The summed E-state index contributed by atoms with van der Waals surface area (Å²) in [5.74, 6) is 2.72. The predicted molar refractivity (Wildman–Crippen MR) is 140 cm³/mol. The minimum Gasteiger partial charge on any atom is -0.470 e. The van der Waals surface area contributed by atoms with E-state index in [0.29, 0.717) is 26.6 Å². The van der Waals surface area contributed by atoms with Crippen LogP contribution in [0.4, 0.5) is 5.69 Å². The van der Waals surface area contributed by atoms with E-state index < -0.39 is 0 Å². The molecule has 34 heavy (non-hydrogen) atoms. The smallest absolute Gasteiger partial charge is 0.237 e. The highest BCUT2D eigenvalue weighted by molar-refractivity contribution is 7.41. The van der Waals surface area contributed by atoms with Crippen molar-refractivity contribution in [1.29, 1.82) is 10.7 Å². The molecule has 0 saturated carbocycles. The van der Waals surface area contributed by atoms with E-state index in [1.165, 1.54) is 17.3 Å². The van der Waals surface area contributed by atoms with Gasteiger partial charge in [0.1, 0.15) is 6.10 Å². The first-order valence-electron chi connectivity index (χ1n) is 11.3. The summed E-state index contributed by atoms with van der Waals surface area (Å²) >= 11 is 0. The summed E-state index contributed by atoms with van der Waals surface area (Å²) in [4.78, 5) is 4.52. The van der Waals surface area contributed by atoms with Gasteiger partial charge in [0.2, 0.25) is 5.88 Å². The lowest BCUT2D eigenvalue weighted by Gasteiger charge is -2.27. The number of ether oxygens (including phenoxy) is 1. The molecule has 1 aliphatic heterocycles. The zero-order valence-electron chi connectivity index (χ0n) is 18.9. The molecule has 2 heterocycles. The molecule has 3 N–H and O–H groups in total. The second kappa shape index (κ2) is 12.1. The van der Waals surface area contributed by atoms with Crippen molar-refractivity contribution in [2.45, 2.75) is 18.7 Å². The predicted octanol–water partition coefficient (Wildman–Crippen LogP) is 4.83. The number of hydrogen-bond donors (Lipinski definition) is 3. The number of benzene rings is 2. The SMILES string of the molecule is N#Cc1ccc(CCNCC2CNc3cc(/C(C=N)=C/PCc4ccccc4)cnc3O2)cc1. The number of aromatic nitrogens is 1. The Bertz CT molecular complexity index is 1170. The summed E-state index contributed by atoms with van der Waals surface area (Å²) in [5.41, 5.74) is 5.85. The maximum absolute atomic E-state index is 8.89. The first-order chi connectivity index (χ1) is 16.7. The molecule has 4 rings (SSSR count). The standard InChI is InChI=1S/C27H28N5OP/c28-13-21-8-6-20(7-9-21)10-11-30-16-25-17-31-26-12-23(15-32-27(26)33-25)24(14-29)19-34-18-22-4-2-1-3-5-22/h1-9,12,14-15,19,25,29-31,34H,10-11,16-18H2/b24-19+,29-14?. The van der Waals surface area contributed by atoms with Crippen LogP contribution in [-0.2, 0) is 12.6 Å². The van der Waals surface area contributed by atoms with Crippen molar-refractivity contribution in [2.24, 2.45) is 0 Å². The van der Waals surface area contributed by atoms with Crippen molar-refractivity contribution in [3.63, 3.8) is 0 Å². The third-order valence-electron chi connectivity index (χ3n) is 5.59. The summed E-state index contributed by atoms with van der Waals surface area (Å²) in [6, 6.07) is 22.2. The maximum Gasteiger partial charge on any atom is 0.237 e. The fraction of sp³-hybridized carbons (Fsp3) is 0.222. The highest BCUT2D eigenvalue weighted by Crippen LogP contribution is 2.31. The number of allylic oxidation sites excluding steroid dienone is 1. The van der Waals surface area contributed by atoms with E-state index in [1.807, 2.05) is 36.4 Å². The van der Waals surface area contributed by atoms with Crippen molar-refractivity contribution in [1.82, 2.24) is 10.3 Å². The zero-order chi connectivity index (χ0) is 23.6. The largest absolute Gasteiger partial charge is 0.470 e. The Morgan fingerprint density at radius 1 is 1.21 bits per heavy atom. The van der Waals surface area contributed by atoms with Gasteiger partial charge in [0, 0.05) is 30.1 Å². The number of pyridine rings is 1. The van der Waals surface area contributed by atoms with Crippen LogP contribution in [0, 0.1) is 16.7 Å². The van der Waals surface area contributed by atoms with E-state index in [9.17, 15) is 0 Å². The molecule has 172 valence electrons. The zero-order valence-corrected chi connectivity index (χ0v) is 19.9. The number of anilines is 1. The summed E-state index contributed by atoms with van der Waals surface area (Å²) in [6.07, 6.45) is 5.04. The minimum atomic E-state index is -0.00285. The first-order valence-corrected chi connectivity index (χ1v) is 12.6. The average Bonchev–Trinajstić information content (AvgIpc) is 2.90. The lowest BCUT2D eigenvalue weighted by molar-refractivity contribution is 0.194. The van der Waals surface area contributed by atoms with Crippen molar-refractivity contribution in [3.8, 4) is 11.9 Å². The van der Waals surface area contributed by atoms with Gasteiger partial charge >= 0.3 is 0 Å². The number of nitriles is 1. The number of nitrogens with zero attached hydrogens (tertiary/aromatic N) is 2. The van der Waals surface area contributed by atoms with Crippen LogP contribution in [0.2, 0.25) is 0 Å². The molecule has 0 aliphatic carbocycles. The van der Waals surface area contributed by atoms with Crippen molar-refractivity contribution in [3.05, 3.63) is 94.9 Å². The highest BCUT2D eigenvalue weighted by atomic mass is 31.1. The van der Waals surface area contributed by atoms with Crippen LogP contribution in [-0.4, -0.2) is 36.9 Å². The monoisotopic (exact) mass is 469 g/mol. The Morgan fingerprint density at radius 2 is 2.03 bits per heavy atom. The van der Waals surface area contributed by atoms with Crippen LogP contribution in [0.1, 0.15) is 22.3 Å². The molecular formula is C27H28N5OP. The number of fused-ring (bicyclic) bond motifs is 1. The molecule has 7 heteroatoms. The van der Waals surface area contributed by atoms with Crippen LogP contribution < -0.4 is 15.4 Å². The second-order valence-electron chi connectivity index (χ2n) is 8.07. The number of hydrogen-bond acceptors (Lipinski definition) is 6. The summed E-state index contributed by atoms with van der Waals surface area (Å²) in [7, 11) is 0.600. The van der Waals surface area contributed by atoms with Gasteiger partial charge in [-0.15, -0.1) is 0 Å². The van der Waals surface area contributed by atoms with E-state index in [4.69, 9.17) is 15.4 Å². The molecule has 0 fully saturated rings. The van der Waals surface area contributed by atoms with E-state index >= 15 is 0 Å². The summed E-state index contributed by atoms with van der Waals surface area (Å²) in [6.45, 7) is 2.25. The van der Waals surface area contributed by atoms with Gasteiger partial charge in [-0.25, -0.2) is 4.98 Å². The van der Waals surface area contributed by atoms with Gasteiger partial charge in [-0.3, -0.25) is 0 Å². The Kier molecular flexibility index (Phi) is 8.40. The van der Waals surface area contributed by atoms with Crippen LogP contribution in [0.15, 0.2) is 72.7 Å². The lowest BCUT2D eigenvalue weighted by Crippen LogP contribution is -2.40. The fourth-order valence-electron chi connectivity index (χ4n) is 3.69. The molecular weight excluding hydrogens is 441 g/mol. The molecule has 1 aliphatic rings. The van der Waals surface area contributed by atoms with Gasteiger partial charge in [0.05, 0.1) is 23.9 Å². The van der Waals surface area contributed by atoms with E-state index in [1.54, 1.807) is 6.20 Å². The molecule has 2 unspecified atom stereocenters. The minimum absolute atomic E-state index is 0.00285. The molecule has 3 aromatic rings. The summed E-state index contributed by atoms with van der Waals surface area (Å²) < 4.78 is 6.07. The average molecular weight is 470 g/mol. The van der Waals surface area contributed by atoms with Crippen LogP contribution in [0.25, 0.3) is 5.57 Å². The molecule has 0 amide bonds. The molecule has 6 nitrogen and oxygen atoms in total. The third-order valence-corrected chi connectivity index (χ3v) is 6.72. The van der Waals surface area contributed by atoms with Crippen molar-refractivity contribution < 1.29 is 4.74 Å². The Balaban J connectivity index is 1.27. The van der Waals surface area contributed by atoms with Crippen molar-refractivity contribution >= 4 is 26.1 Å². The Hall–Kier alpha value is -3.52. The molecule has 0 bridgehead atoms. The van der Waals surface area contributed by atoms with E-state index in [0.717, 1.165) is 42.5 Å². The second-order valence-corrected chi connectivity index (χ2v) is 9.12. The van der Waals surface area contributed by atoms with Gasteiger partial charge in [-0.2, -0.15) is 5.26 Å². The Labute approximate surface area is 202 Å². The maximum atomic E-state index is 8.89. The topological polar surface area (TPSA) is 93.8 Å². The molecule has 0 saturated heterocycles. The number of rotatable bonds is 10. The van der Waals surface area contributed by atoms with E-state index in [2.05, 4.69) is 51.8 Å². The normalized spacial score (nSPS) is 15.3. The van der Waals surface area contributed by atoms with Gasteiger partial charge in [-0.05, 0) is 48.5 Å². The van der Waals surface area contributed by atoms with Crippen LogP contribution >= 0.6 is 8.58 Å². The molecule has 2 aromatic carbocycles. The van der Waals surface area contributed by atoms with Gasteiger partial charge in [0.15, 0.2) is 0 Å². The molecule has 1 aromatic heterocycles. The molecule has 2 atom stereocenters. The highest BCUT2D eigenvalue weighted by Gasteiger charge is 2.20. The third kappa shape index (κ3) is 6.51. The van der Waals surface area contributed by atoms with Gasteiger partial charge in [-0.1, -0.05) is 56.9 Å². The van der Waals surface area contributed by atoms with Crippen LogP contribution in [0.3, 0.4) is 0 Å². The van der Waals surface area contributed by atoms with Gasteiger partial charge in [0.25, 0.3) is 0 Å². The Morgan fingerprint density at radius 3 is 2.79 bits per heavy atom. The lowest BCUT2D eigenvalue weighted by atomic mass is 10.1.